The summed E-state index contributed by atoms with van der Waals surface area (Å²) in [5.41, 5.74) is 9.30. The van der Waals surface area contributed by atoms with Crippen molar-refractivity contribution in [3.8, 4) is 5.75 Å². The van der Waals surface area contributed by atoms with Crippen molar-refractivity contribution in [3.05, 3.63) is 29.6 Å². The van der Waals surface area contributed by atoms with E-state index >= 15 is 0 Å². The molecule has 1 aromatic rings. The Morgan fingerprint density at radius 1 is 1.20 bits per heavy atom. The minimum atomic E-state index is -5.07. The topological polar surface area (TPSA) is 105 Å². The molecule has 110 valence electrons. The molecule has 0 saturated heterocycles. The van der Waals surface area contributed by atoms with E-state index in [0.717, 1.165) is 6.07 Å². The van der Waals surface area contributed by atoms with Crippen molar-refractivity contribution in [1.29, 1.82) is 0 Å². The summed E-state index contributed by atoms with van der Waals surface area (Å²) in [7, 11) is 0. The second-order valence-electron chi connectivity index (χ2n) is 3.46. The van der Waals surface area contributed by atoms with Crippen molar-refractivity contribution in [1.82, 2.24) is 0 Å². The Kier molecular flexibility index (Phi) is 4.38. The normalized spacial score (nSPS) is 12.6. The van der Waals surface area contributed by atoms with Crippen LogP contribution in [0, 0.1) is 5.82 Å². The molecule has 1 aromatic carbocycles. The number of benzene rings is 1. The van der Waals surface area contributed by atoms with Gasteiger partial charge >= 0.3 is 12.5 Å². The lowest BCUT2D eigenvalue weighted by Crippen LogP contribution is -2.28. The Balaban J connectivity index is 3.06. The Hall–Kier alpha value is -2.52. The van der Waals surface area contributed by atoms with Gasteiger partial charge in [-0.1, -0.05) is 6.07 Å². The van der Waals surface area contributed by atoms with Crippen molar-refractivity contribution < 1.29 is 36.6 Å². The van der Waals surface area contributed by atoms with Crippen LogP contribution in [0.2, 0.25) is 0 Å². The number of rotatable bonds is 4. The molecular formula is C10H8F4N2O4. The van der Waals surface area contributed by atoms with Crippen LogP contribution in [0.4, 0.5) is 22.4 Å². The summed E-state index contributed by atoms with van der Waals surface area (Å²) in [6.45, 7) is 0. The van der Waals surface area contributed by atoms with E-state index in [4.69, 9.17) is 5.73 Å². The Morgan fingerprint density at radius 2 is 1.80 bits per heavy atom. The summed E-state index contributed by atoms with van der Waals surface area (Å²) in [4.78, 5) is 21.6. The first kappa shape index (κ1) is 15.5. The number of alkyl halides is 3. The lowest BCUT2D eigenvalue weighted by atomic mass is 10.1. The number of carbonyl (C=O) groups is 2. The largest absolute Gasteiger partial charge is 0.573 e. The molecular weight excluding hydrogens is 288 g/mol. The number of primary amides is 2. The molecule has 0 saturated carbocycles. The number of nitrogens with two attached hydrogens (primary N) is 2. The van der Waals surface area contributed by atoms with Crippen LogP contribution in [0.1, 0.15) is 11.7 Å². The maximum absolute atomic E-state index is 13.4. The molecule has 4 N–H and O–H groups in total. The number of hydrogen-bond donors (Lipinski definition) is 2. The SMILES string of the molecule is NC(=O)OC(C(N)=O)c1ccc(OC(F)(F)F)c(F)c1. The Bertz CT molecular complexity index is 532. The van der Waals surface area contributed by atoms with E-state index in [2.05, 4.69) is 15.2 Å². The van der Waals surface area contributed by atoms with Gasteiger partial charge in [0.25, 0.3) is 5.91 Å². The molecule has 0 spiro atoms. The molecule has 0 aromatic heterocycles. The zero-order chi connectivity index (χ0) is 15.5. The van der Waals surface area contributed by atoms with E-state index in [9.17, 15) is 27.2 Å². The van der Waals surface area contributed by atoms with Crippen LogP contribution in [0.5, 0.6) is 5.75 Å². The molecule has 0 aliphatic carbocycles. The molecule has 0 aliphatic heterocycles. The van der Waals surface area contributed by atoms with Crippen LogP contribution in [0.15, 0.2) is 18.2 Å². The van der Waals surface area contributed by atoms with Crippen molar-refractivity contribution in [2.75, 3.05) is 0 Å². The number of amides is 2. The summed E-state index contributed by atoms with van der Waals surface area (Å²) in [5.74, 6) is -3.70. The fourth-order valence-corrected chi connectivity index (χ4v) is 1.29. The van der Waals surface area contributed by atoms with Crippen LogP contribution in [-0.4, -0.2) is 18.4 Å². The molecule has 0 aliphatic rings. The molecule has 0 radical (unpaired) electrons. The standard InChI is InChI=1S/C10H8F4N2O4/c11-5-3-4(7(8(15)17)19-9(16)18)1-2-6(5)20-10(12,13)14/h1-3,7H,(H2,15,17)(H2,16,18). The summed E-state index contributed by atoms with van der Waals surface area (Å²) in [6.07, 6.45) is -8.15. The highest BCUT2D eigenvalue weighted by atomic mass is 19.4. The van der Waals surface area contributed by atoms with Gasteiger partial charge < -0.3 is 20.9 Å². The van der Waals surface area contributed by atoms with Gasteiger partial charge in [-0.05, 0) is 12.1 Å². The molecule has 0 fully saturated rings. The first-order valence-corrected chi connectivity index (χ1v) is 4.90. The zero-order valence-electron chi connectivity index (χ0n) is 9.61. The molecule has 10 heteroatoms. The molecule has 0 bridgehead atoms. The van der Waals surface area contributed by atoms with E-state index in [1.54, 1.807) is 0 Å². The predicted molar refractivity (Wildman–Crippen MR) is 55.7 cm³/mol. The van der Waals surface area contributed by atoms with Crippen molar-refractivity contribution in [2.24, 2.45) is 11.5 Å². The van der Waals surface area contributed by atoms with Crippen molar-refractivity contribution >= 4 is 12.0 Å². The maximum atomic E-state index is 13.4. The van der Waals surface area contributed by atoms with Crippen molar-refractivity contribution in [2.45, 2.75) is 12.5 Å². The fraction of sp³-hybridized carbons (Fsp3) is 0.200. The Labute approximate surface area is 109 Å². The molecule has 1 atom stereocenters. The van der Waals surface area contributed by atoms with Crippen LogP contribution < -0.4 is 16.2 Å². The van der Waals surface area contributed by atoms with Crippen LogP contribution in [0.25, 0.3) is 0 Å². The summed E-state index contributed by atoms with van der Waals surface area (Å²) < 4.78 is 56.9. The number of ether oxygens (including phenoxy) is 2. The minimum absolute atomic E-state index is 0.289. The lowest BCUT2D eigenvalue weighted by molar-refractivity contribution is -0.275. The van der Waals surface area contributed by atoms with Gasteiger partial charge in [-0.2, -0.15) is 0 Å². The van der Waals surface area contributed by atoms with E-state index in [1.165, 1.54) is 0 Å². The average Bonchev–Trinajstić information content (AvgIpc) is 2.26. The molecule has 1 unspecified atom stereocenters. The molecule has 20 heavy (non-hydrogen) atoms. The summed E-state index contributed by atoms with van der Waals surface area (Å²) in [5, 5.41) is 0. The summed E-state index contributed by atoms with van der Waals surface area (Å²) >= 11 is 0. The highest BCUT2D eigenvalue weighted by Crippen LogP contribution is 2.28. The van der Waals surface area contributed by atoms with E-state index < -0.39 is 36.0 Å². The minimum Gasteiger partial charge on any atom is -0.431 e. The second-order valence-corrected chi connectivity index (χ2v) is 3.46. The maximum Gasteiger partial charge on any atom is 0.573 e. The van der Waals surface area contributed by atoms with Gasteiger partial charge in [0, 0.05) is 5.56 Å². The quantitative estimate of drug-likeness (QED) is 0.818. The monoisotopic (exact) mass is 296 g/mol. The van der Waals surface area contributed by atoms with Gasteiger partial charge in [0.15, 0.2) is 11.6 Å². The van der Waals surface area contributed by atoms with Gasteiger partial charge in [-0.3, -0.25) is 4.79 Å². The van der Waals surface area contributed by atoms with Crippen LogP contribution in [0.3, 0.4) is 0 Å². The molecule has 0 heterocycles. The third-order valence-corrected chi connectivity index (χ3v) is 1.98. The number of hydrogen-bond acceptors (Lipinski definition) is 4. The van der Waals surface area contributed by atoms with E-state index in [-0.39, 0.29) is 5.56 Å². The first-order chi connectivity index (χ1) is 9.10. The second kappa shape index (κ2) is 5.63. The fourth-order valence-electron chi connectivity index (χ4n) is 1.29. The van der Waals surface area contributed by atoms with Gasteiger partial charge in [0.1, 0.15) is 0 Å². The van der Waals surface area contributed by atoms with Crippen LogP contribution in [-0.2, 0) is 9.53 Å². The highest BCUT2D eigenvalue weighted by molar-refractivity contribution is 5.83. The van der Waals surface area contributed by atoms with Gasteiger partial charge in [0.05, 0.1) is 0 Å². The lowest BCUT2D eigenvalue weighted by Gasteiger charge is -2.15. The summed E-state index contributed by atoms with van der Waals surface area (Å²) in [6, 6.07) is 2.00. The zero-order valence-corrected chi connectivity index (χ0v) is 9.61. The van der Waals surface area contributed by atoms with E-state index in [1.807, 2.05) is 0 Å². The predicted octanol–water partition coefficient (Wildman–Crippen LogP) is 1.35. The van der Waals surface area contributed by atoms with Gasteiger partial charge in [-0.15, -0.1) is 13.2 Å². The average molecular weight is 296 g/mol. The highest BCUT2D eigenvalue weighted by Gasteiger charge is 2.33. The van der Waals surface area contributed by atoms with Gasteiger partial charge in [0.2, 0.25) is 6.10 Å². The third kappa shape index (κ3) is 4.30. The first-order valence-electron chi connectivity index (χ1n) is 4.90. The number of halogens is 4. The molecule has 2 amide bonds. The smallest absolute Gasteiger partial charge is 0.431 e. The van der Waals surface area contributed by atoms with Gasteiger partial charge in [-0.25, -0.2) is 9.18 Å². The number of carbonyl (C=O) groups excluding carboxylic acids is 2. The third-order valence-electron chi connectivity index (χ3n) is 1.98. The molecule has 6 nitrogen and oxygen atoms in total. The van der Waals surface area contributed by atoms with Crippen LogP contribution >= 0.6 is 0 Å². The van der Waals surface area contributed by atoms with E-state index in [0.29, 0.717) is 12.1 Å². The molecule has 1 rings (SSSR count). The Morgan fingerprint density at radius 3 is 2.20 bits per heavy atom. The van der Waals surface area contributed by atoms with Crippen molar-refractivity contribution in [3.63, 3.8) is 0 Å².